The lowest BCUT2D eigenvalue weighted by molar-refractivity contribution is -0.117. The Morgan fingerprint density at radius 3 is 2.67 bits per heavy atom. The number of rotatable bonds is 5. The average Bonchev–Trinajstić information content (AvgIpc) is 3.09. The van der Waals surface area contributed by atoms with E-state index < -0.39 is 0 Å². The standard InChI is InChI=1S/C19H25ClN2O2/c20-17-4-1-15(2-5-17)3-6-19(23)21-18-7-10-22(11-8-18)13-16-9-12-24-14-16/h1-6,16,18H,7-14H2,(H,21,23). The van der Waals surface area contributed by atoms with Gasteiger partial charge in [-0.25, -0.2) is 0 Å². The fourth-order valence-electron chi connectivity index (χ4n) is 3.35. The SMILES string of the molecule is O=C(C=Cc1ccc(Cl)cc1)NC1CCN(CC2CCOC2)CC1. The number of carbonyl (C=O) groups excluding carboxylic acids is 1. The second-order valence-electron chi connectivity index (χ2n) is 6.70. The molecule has 1 amide bonds. The van der Waals surface area contributed by atoms with E-state index in [-0.39, 0.29) is 11.9 Å². The van der Waals surface area contributed by atoms with Crippen molar-refractivity contribution in [3.05, 3.63) is 40.9 Å². The minimum atomic E-state index is -0.0207. The van der Waals surface area contributed by atoms with E-state index in [0.29, 0.717) is 10.9 Å². The van der Waals surface area contributed by atoms with Crippen LogP contribution in [-0.2, 0) is 9.53 Å². The van der Waals surface area contributed by atoms with Gasteiger partial charge in [-0.1, -0.05) is 23.7 Å². The van der Waals surface area contributed by atoms with Crippen molar-refractivity contribution in [2.45, 2.75) is 25.3 Å². The highest BCUT2D eigenvalue weighted by atomic mass is 35.5. The van der Waals surface area contributed by atoms with E-state index in [0.717, 1.165) is 51.3 Å². The Kier molecular flexibility index (Phi) is 6.30. The van der Waals surface area contributed by atoms with Crippen LogP contribution in [0.2, 0.25) is 5.02 Å². The van der Waals surface area contributed by atoms with Gasteiger partial charge in [-0.2, -0.15) is 0 Å². The van der Waals surface area contributed by atoms with Crippen LogP contribution in [0.5, 0.6) is 0 Å². The fourth-order valence-corrected chi connectivity index (χ4v) is 3.47. The van der Waals surface area contributed by atoms with Crippen LogP contribution >= 0.6 is 11.6 Å². The number of ether oxygens (including phenoxy) is 1. The smallest absolute Gasteiger partial charge is 0.244 e. The Hall–Kier alpha value is -1.36. The Labute approximate surface area is 148 Å². The lowest BCUT2D eigenvalue weighted by atomic mass is 10.0. The van der Waals surface area contributed by atoms with Gasteiger partial charge in [-0.15, -0.1) is 0 Å². The van der Waals surface area contributed by atoms with E-state index in [4.69, 9.17) is 16.3 Å². The summed E-state index contributed by atoms with van der Waals surface area (Å²) in [5, 5.41) is 3.81. The highest BCUT2D eigenvalue weighted by Crippen LogP contribution is 2.17. The van der Waals surface area contributed by atoms with Crippen LogP contribution in [0.4, 0.5) is 0 Å². The molecule has 0 saturated carbocycles. The van der Waals surface area contributed by atoms with Crippen molar-refractivity contribution in [3.8, 4) is 0 Å². The van der Waals surface area contributed by atoms with Gasteiger partial charge in [0.25, 0.3) is 0 Å². The number of benzene rings is 1. The monoisotopic (exact) mass is 348 g/mol. The first-order valence-corrected chi connectivity index (χ1v) is 9.11. The minimum Gasteiger partial charge on any atom is -0.381 e. The van der Waals surface area contributed by atoms with Gasteiger partial charge in [0.2, 0.25) is 5.91 Å². The summed E-state index contributed by atoms with van der Waals surface area (Å²) in [5.74, 6) is 0.672. The van der Waals surface area contributed by atoms with Crippen molar-refractivity contribution in [1.29, 1.82) is 0 Å². The molecule has 4 nitrogen and oxygen atoms in total. The summed E-state index contributed by atoms with van der Waals surface area (Å²) in [6, 6.07) is 7.73. The minimum absolute atomic E-state index is 0.0207. The first-order valence-electron chi connectivity index (χ1n) is 8.73. The zero-order valence-electron chi connectivity index (χ0n) is 13.9. The summed E-state index contributed by atoms with van der Waals surface area (Å²) in [6.45, 7) is 5.07. The first kappa shape index (κ1) is 17.5. The van der Waals surface area contributed by atoms with Crippen LogP contribution < -0.4 is 5.32 Å². The van der Waals surface area contributed by atoms with Crippen LogP contribution in [0.25, 0.3) is 6.08 Å². The van der Waals surface area contributed by atoms with Gasteiger partial charge in [0.15, 0.2) is 0 Å². The van der Waals surface area contributed by atoms with Gasteiger partial charge < -0.3 is 15.0 Å². The molecule has 2 saturated heterocycles. The number of halogens is 1. The van der Waals surface area contributed by atoms with Crippen LogP contribution in [0.1, 0.15) is 24.8 Å². The van der Waals surface area contributed by atoms with E-state index >= 15 is 0 Å². The normalized spacial score (nSPS) is 23.0. The molecular formula is C19H25ClN2O2. The molecule has 1 aromatic rings. The number of nitrogens with one attached hydrogen (secondary N) is 1. The summed E-state index contributed by atoms with van der Waals surface area (Å²) in [7, 11) is 0. The van der Waals surface area contributed by atoms with E-state index in [1.165, 1.54) is 6.42 Å². The van der Waals surface area contributed by atoms with Gasteiger partial charge in [0.1, 0.15) is 0 Å². The number of amides is 1. The van der Waals surface area contributed by atoms with Gasteiger partial charge in [0, 0.05) is 43.4 Å². The number of piperidine rings is 1. The van der Waals surface area contributed by atoms with Gasteiger partial charge in [-0.3, -0.25) is 4.79 Å². The highest BCUT2D eigenvalue weighted by Gasteiger charge is 2.24. The number of hydrogen-bond acceptors (Lipinski definition) is 3. The molecule has 1 atom stereocenters. The Morgan fingerprint density at radius 1 is 1.25 bits per heavy atom. The van der Waals surface area contributed by atoms with Crippen molar-refractivity contribution in [1.82, 2.24) is 10.2 Å². The molecule has 5 heteroatoms. The molecule has 0 aromatic heterocycles. The molecule has 2 heterocycles. The molecule has 2 aliphatic heterocycles. The molecule has 2 fully saturated rings. The quantitative estimate of drug-likeness (QED) is 0.832. The summed E-state index contributed by atoms with van der Waals surface area (Å²) in [4.78, 5) is 14.6. The molecule has 130 valence electrons. The summed E-state index contributed by atoms with van der Waals surface area (Å²) >= 11 is 5.85. The summed E-state index contributed by atoms with van der Waals surface area (Å²) < 4.78 is 5.44. The molecule has 3 rings (SSSR count). The van der Waals surface area contributed by atoms with Crippen LogP contribution in [-0.4, -0.2) is 49.7 Å². The molecular weight excluding hydrogens is 324 g/mol. The van der Waals surface area contributed by atoms with Crippen LogP contribution in [0.15, 0.2) is 30.3 Å². The molecule has 1 unspecified atom stereocenters. The predicted octanol–water partition coefficient (Wildman–Crippen LogP) is 2.97. The molecule has 0 bridgehead atoms. The second kappa shape index (κ2) is 8.65. The maximum absolute atomic E-state index is 12.1. The van der Waals surface area contributed by atoms with Gasteiger partial charge in [-0.05, 0) is 49.0 Å². The molecule has 0 radical (unpaired) electrons. The molecule has 24 heavy (non-hydrogen) atoms. The number of likely N-dealkylation sites (tertiary alicyclic amines) is 1. The molecule has 0 spiro atoms. The highest BCUT2D eigenvalue weighted by molar-refractivity contribution is 6.30. The average molecular weight is 349 g/mol. The zero-order chi connectivity index (χ0) is 16.8. The lowest BCUT2D eigenvalue weighted by Crippen LogP contribution is -2.45. The van der Waals surface area contributed by atoms with E-state index in [9.17, 15) is 4.79 Å². The van der Waals surface area contributed by atoms with E-state index in [1.54, 1.807) is 6.08 Å². The molecule has 0 aliphatic carbocycles. The Balaban J connectivity index is 1.38. The number of nitrogens with zero attached hydrogens (tertiary/aromatic N) is 1. The van der Waals surface area contributed by atoms with Crippen molar-refractivity contribution in [2.75, 3.05) is 32.8 Å². The molecule has 1 aromatic carbocycles. The van der Waals surface area contributed by atoms with Crippen molar-refractivity contribution >= 4 is 23.6 Å². The Bertz CT molecular complexity index is 559. The van der Waals surface area contributed by atoms with Gasteiger partial charge >= 0.3 is 0 Å². The maximum Gasteiger partial charge on any atom is 0.244 e. The van der Waals surface area contributed by atoms with E-state index in [2.05, 4.69) is 10.2 Å². The third kappa shape index (κ3) is 5.33. The third-order valence-electron chi connectivity index (χ3n) is 4.77. The maximum atomic E-state index is 12.1. The predicted molar refractivity (Wildman–Crippen MR) is 97.0 cm³/mol. The topological polar surface area (TPSA) is 41.6 Å². The molecule has 2 aliphatic rings. The number of hydrogen-bond donors (Lipinski definition) is 1. The second-order valence-corrected chi connectivity index (χ2v) is 7.13. The van der Waals surface area contributed by atoms with Crippen molar-refractivity contribution < 1.29 is 9.53 Å². The number of carbonyl (C=O) groups is 1. The van der Waals surface area contributed by atoms with Crippen molar-refractivity contribution in [3.63, 3.8) is 0 Å². The summed E-state index contributed by atoms with van der Waals surface area (Å²) in [5.41, 5.74) is 0.975. The first-order chi connectivity index (χ1) is 11.7. The third-order valence-corrected chi connectivity index (χ3v) is 5.02. The van der Waals surface area contributed by atoms with Crippen molar-refractivity contribution in [2.24, 2.45) is 5.92 Å². The van der Waals surface area contributed by atoms with Crippen LogP contribution in [0.3, 0.4) is 0 Å². The largest absolute Gasteiger partial charge is 0.381 e. The summed E-state index contributed by atoms with van der Waals surface area (Å²) in [6.07, 6.45) is 6.65. The van der Waals surface area contributed by atoms with Crippen LogP contribution in [0, 0.1) is 5.92 Å². The Morgan fingerprint density at radius 2 is 2.00 bits per heavy atom. The lowest BCUT2D eigenvalue weighted by Gasteiger charge is -2.33. The van der Waals surface area contributed by atoms with E-state index in [1.807, 2.05) is 30.3 Å². The molecule has 1 N–H and O–H groups in total. The van der Waals surface area contributed by atoms with Gasteiger partial charge in [0.05, 0.1) is 6.61 Å². The fraction of sp³-hybridized carbons (Fsp3) is 0.526. The zero-order valence-corrected chi connectivity index (χ0v) is 14.7.